The van der Waals surface area contributed by atoms with Gasteiger partial charge in [0.1, 0.15) is 6.10 Å². The van der Waals surface area contributed by atoms with Gasteiger partial charge in [0.25, 0.3) is 10.1 Å². The summed E-state index contributed by atoms with van der Waals surface area (Å²) >= 11 is 0. The van der Waals surface area contributed by atoms with Crippen LogP contribution in [0.1, 0.15) is 59.7 Å². The molecule has 0 amide bonds. The van der Waals surface area contributed by atoms with Crippen LogP contribution in [-0.2, 0) is 14.3 Å². The molecule has 1 fully saturated rings. The van der Waals surface area contributed by atoms with Crippen molar-refractivity contribution in [1.29, 1.82) is 0 Å². The largest absolute Gasteiger partial charge is 0.300 e. The third-order valence-electron chi connectivity index (χ3n) is 6.95. The van der Waals surface area contributed by atoms with Crippen LogP contribution in [-0.4, -0.2) is 38.2 Å². The topological polar surface area (TPSA) is 63.7 Å². The Hall–Kier alpha value is -2.80. The summed E-state index contributed by atoms with van der Waals surface area (Å²) in [6, 6.07) is 25.9. The zero-order valence-corrected chi connectivity index (χ0v) is 21.2. The van der Waals surface area contributed by atoms with Crippen LogP contribution in [0.3, 0.4) is 0 Å². The van der Waals surface area contributed by atoms with Crippen LogP contribution >= 0.6 is 0 Å². The zero-order valence-electron chi connectivity index (χ0n) is 20.3. The molecule has 0 saturated carbocycles. The molecule has 0 radical (unpaired) electrons. The van der Waals surface area contributed by atoms with E-state index in [4.69, 9.17) is 4.18 Å². The molecule has 1 heterocycles. The van der Waals surface area contributed by atoms with Crippen molar-refractivity contribution in [2.24, 2.45) is 0 Å². The smallest absolute Gasteiger partial charge is 0.297 e. The van der Waals surface area contributed by atoms with Crippen LogP contribution in [0.15, 0.2) is 89.8 Å². The fraction of sp³-hybridized carbons (Fsp3) is 0.345. The van der Waals surface area contributed by atoms with Crippen LogP contribution < -0.4 is 0 Å². The van der Waals surface area contributed by atoms with Gasteiger partial charge in [0.2, 0.25) is 0 Å². The van der Waals surface area contributed by atoms with Crippen LogP contribution in [0.25, 0.3) is 0 Å². The lowest BCUT2D eigenvalue weighted by Gasteiger charge is -2.40. The first-order chi connectivity index (χ1) is 16.8. The first kappa shape index (κ1) is 25.3. The number of aryl methyl sites for hydroxylation is 1. The van der Waals surface area contributed by atoms with E-state index in [-0.39, 0.29) is 22.8 Å². The molecule has 0 spiro atoms. The highest BCUT2D eigenvalue weighted by Crippen LogP contribution is 2.34. The van der Waals surface area contributed by atoms with E-state index in [0.29, 0.717) is 12.8 Å². The van der Waals surface area contributed by atoms with Crippen LogP contribution in [0, 0.1) is 6.92 Å². The van der Waals surface area contributed by atoms with Crippen molar-refractivity contribution in [1.82, 2.24) is 4.90 Å². The molecule has 3 atom stereocenters. The predicted molar refractivity (Wildman–Crippen MR) is 138 cm³/mol. The average molecular weight is 492 g/mol. The molecule has 3 aromatic rings. The highest BCUT2D eigenvalue weighted by atomic mass is 32.2. The Kier molecular flexibility index (Phi) is 8.16. The van der Waals surface area contributed by atoms with Gasteiger partial charge in [0.05, 0.1) is 4.90 Å². The third-order valence-corrected chi connectivity index (χ3v) is 8.29. The first-order valence-electron chi connectivity index (χ1n) is 12.2. The summed E-state index contributed by atoms with van der Waals surface area (Å²) in [5.41, 5.74) is 2.56. The molecular formula is C29H33NO4S. The van der Waals surface area contributed by atoms with E-state index in [1.807, 2.05) is 74.6 Å². The molecular weight excluding hydrogens is 458 g/mol. The Morgan fingerprint density at radius 1 is 0.914 bits per heavy atom. The number of piperidine rings is 1. The molecule has 0 bridgehead atoms. The number of nitrogens with zero attached hydrogens (tertiary/aromatic N) is 1. The van der Waals surface area contributed by atoms with E-state index in [9.17, 15) is 13.2 Å². The summed E-state index contributed by atoms with van der Waals surface area (Å²) < 4.78 is 32.1. The number of likely N-dealkylation sites (tertiary alicyclic amines) is 1. The fourth-order valence-corrected chi connectivity index (χ4v) is 5.92. The quantitative estimate of drug-likeness (QED) is 0.273. The van der Waals surface area contributed by atoms with Crippen molar-refractivity contribution < 1.29 is 17.4 Å². The van der Waals surface area contributed by atoms with Crippen molar-refractivity contribution in [2.75, 3.05) is 7.05 Å². The van der Waals surface area contributed by atoms with Crippen LogP contribution in [0.4, 0.5) is 0 Å². The minimum atomic E-state index is -3.93. The number of benzene rings is 3. The minimum Gasteiger partial charge on any atom is -0.300 e. The zero-order chi connectivity index (χ0) is 24.8. The van der Waals surface area contributed by atoms with Gasteiger partial charge >= 0.3 is 0 Å². The fourth-order valence-electron chi connectivity index (χ4n) is 4.84. The minimum absolute atomic E-state index is 0.107. The van der Waals surface area contributed by atoms with Gasteiger partial charge in [-0.25, -0.2) is 0 Å². The molecule has 1 saturated heterocycles. The number of rotatable bonds is 9. The molecule has 6 heteroatoms. The molecule has 35 heavy (non-hydrogen) atoms. The maximum absolute atomic E-state index is 13.1. The Labute approximate surface area is 208 Å². The van der Waals surface area contributed by atoms with E-state index in [2.05, 4.69) is 4.90 Å². The lowest BCUT2D eigenvalue weighted by atomic mass is 9.88. The van der Waals surface area contributed by atoms with Crippen molar-refractivity contribution >= 4 is 15.9 Å². The summed E-state index contributed by atoms with van der Waals surface area (Å²) in [6.45, 7) is 1.92. The maximum Gasteiger partial charge on any atom is 0.297 e. The summed E-state index contributed by atoms with van der Waals surface area (Å²) in [7, 11) is -1.89. The van der Waals surface area contributed by atoms with E-state index >= 15 is 0 Å². The van der Waals surface area contributed by atoms with E-state index in [1.54, 1.807) is 24.3 Å². The molecule has 5 nitrogen and oxygen atoms in total. The van der Waals surface area contributed by atoms with Gasteiger partial charge < -0.3 is 0 Å². The Bertz CT molecular complexity index is 1210. The van der Waals surface area contributed by atoms with Crippen molar-refractivity contribution in [2.45, 2.75) is 62.1 Å². The molecule has 4 rings (SSSR count). The van der Waals surface area contributed by atoms with Gasteiger partial charge in [0, 0.05) is 24.1 Å². The monoisotopic (exact) mass is 491 g/mol. The van der Waals surface area contributed by atoms with Gasteiger partial charge in [-0.15, -0.1) is 0 Å². The first-order valence-corrected chi connectivity index (χ1v) is 13.6. The van der Waals surface area contributed by atoms with Gasteiger partial charge in [-0.2, -0.15) is 8.42 Å². The third kappa shape index (κ3) is 6.45. The van der Waals surface area contributed by atoms with Gasteiger partial charge in [-0.05, 0) is 50.9 Å². The standard InChI is InChI=1S/C29H33NO4S/c1-22-16-18-27(19-17-22)35(32,33)34-29(24-12-7-4-8-13-24)21-26-15-9-14-25(30(26)2)20-28(31)23-10-5-3-6-11-23/h3-8,10-13,16-19,25-26,29H,9,14-15,20-21H2,1-2H3/t25-,26+,29+/m1/s1. The number of carbonyl (C=O) groups excluding carboxylic acids is 1. The number of Topliss-reactive ketones (excluding diaryl/α,β-unsaturated/α-hetero) is 1. The van der Waals surface area contributed by atoms with E-state index in [0.717, 1.165) is 36.0 Å². The van der Waals surface area contributed by atoms with Gasteiger partial charge in [0.15, 0.2) is 5.78 Å². The molecule has 1 aliphatic rings. The van der Waals surface area contributed by atoms with Crippen molar-refractivity contribution in [3.05, 3.63) is 102 Å². The molecule has 3 aromatic carbocycles. The lowest BCUT2D eigenvalue weighted by molar-refractivity contribution is 0.0626. The predicted octanol–water partition coefficient (Wildman–Crippen LogP) is 5.96. The number of hydrogen-bond donors (Lipinski definition) is 0. The maximum atomic E-state index is 13.1. The molecule has 0 N–H and O–H groups in total. The van der Waals surface area contributed by atoms with Gasteiger partial charge in [-0.1, -0.05) is 84.8 Å². The second-order valence-corrected chi connectivity index (χ2v) is 11.0. The molecule has 1 aliphatic heterocycles. The Morgan fingerprint density at radius 2 is 1.51 bits per heavy atom. The SMILES string of the molecule is Cc1ccc(S(=O)(=O)O[C@@H](C[C@@H]2CCC[C@H](CC(=O)c3ccccc3)N2C)c2ccccc2)cc1. The second kappa shape index (κ2) is 11.3. The summed E-state index contributed by atoms with van der Waals surface area (Å²) in [6.07, 6.45) is 3.25. The normalized spacial score (nSPS) is 19.8. The summed E-state index contributed by atoms with van der Waals surface area (Å²) in [5, 5.41) is 0. The van der Waals surface area contributed by atoms with E-state index < -0.39 is 16.2 Å². The highest BCUT2D eigenvalue weighted by molar-refractivity contribution is 7.86. The molecule has 0 unspecified atom stereocenters. The second-order valence-electron chi connectivity index (χ2n) is 9.40. The number of ketones is 1. The molecule has 0 aromatic heterocycles. The Balaban J connectivity index is 1.51. The lowest BCUT2D eigenvalue weighted by Crippen LogP contribution is -2.45. The Morgan fingerprint density at radius 3 is 2.17 bits per heavy atom. The number of hydrogen-bond acceptors (Lipinski definition) is 5. The average Bonchev–Trinajstić information content (AvgIpc) is 2.87. The number of carbonyl (C=O) groups is 1. The summed E-state index contributed by atoms with van der Waals surface area (Å²) in [5.74, 6) is 0.140. The summed E-state index contributed by atoms with van der Waals surface area (Å²) in [4.78, 5) is 15.3. The molecule has 184 valence electrons. The van der Waals surface area contributed by atoms with Crippen LogP contribution in [0.5, 0.6) is 0 Å². The van der Waals surface area contributed by atoms with Crippen molar-refractivity contribution in [3.63, 3.8) is 0 Å². The van der Waals surface area contributed by atoms with Crippen molar-refractivity contribution in [3.8, 4) is 0 Å². The van der Waals surface area contributed by atoms with Gasteiger partial charge in [-0.3, -0.25) is 13.9 Å². The highest BCUT2D eigenvalue weighted by Gasteiger charge is 2.33. The molecule has 0 aliphatic carbocycles. The van der Waals surface area contributed by atoms with Crippen LogP contribution in [0.2, 0.25) is 0 Å². The van der Waals surface area contributed by atoms with E-state index in [1.165, 1.54) is 0 Å².